The molecule has 0 bridgehead atoms. The smallest absolute Gasteiger partial charge is 0.413 e. The molecule has 0 fully saturated rings. The largest absolute Gasteiger partial charge is 0.476 e. The molecule has 0 radical (unpaired) electrons. The summed E-state index contributed by atoms with van der Waals surface area (Å²) in [6, 6.07) is 0. The molecule has 0 saturated carbocycles. The van der Waals surface area contributed by atoms with Gasteiger partial charge in [0.15, 0.2) is 5.13 Å². The third kappa shape index (κ3) is 6.41. The molecule has 2 N–H and O–H groups in total. The minimum absolute atomic E-state index is 0.0598. The summed E-state index contributed by atoms with van der Waals surface area (Å²) in [5.41, 5.74) is -1.21. The molecule has 0 aliphatic carbocycles. The average molecular weight is 364 g/mol. The fourth-order valence-corrected chi connectivity index (χ4v) is 2.26. The number of anilines is 1. The van der Waals surface area contributed by atoms with E-state index in [1.165, 1.54) is 0 Å². The van der Waals surface area contributed by atoms with Crippen LogP contribution in [-0.2, 0) is 14.4 Å². The maximum atomic E-state index is 11.7. The van der Waals surface area contributed by atoms with Crippen molar-refractivity contribution in [1.29, 1.82) is 0 Å². The summed E-state index contributed by atoms with van der Waals surface area (Å²) < 4.78 is 5.14. The lowest BCUT2D eigenvalue weighted by Crippen LogP contribution is -2.27. The van der Waals surface area contributed by atoms with Gasteiger partial charge in [0, 0.05) is 0 Å². The number of carbonyl (C=O) groups excluding carboxylic acids is 1. The van der Waals surface area contributed by atoms with Crippen molar-refractivity contribution < 1.29 is 24.3 Å². The van der Waals surface area contributed by atoms with Crippen LogP contribution in [0.1, 0.15) is 40.3 Å². The van der Waals surface area contributed by atoms with Gasteiger partial charge in [-0.2, -0.15) is 0 Å². The van der Waals surface area contributed by atoms with Crippen LogP contribution in [-0.4, -0.2) is 39.6 Å². The summed E-state index contributed by atoms with van der Waals surface area (Å²) in [5, 5.41) is 15.2. The van der Waals surface area contributed by atoms with E-state index in [4.69, 9.17) is 21.2 Å². The van der Waals surface area contributed by atoms with Crippen molar-refractivity contribution in [3.8, 4) is 0 Å². The molecule has 1 aromatic rings. The molecule has 0 aliphatic rings. The van der Waals surface area contributed by atoms with Crippen LogP contribution in [0.25, 0.3) is 0 Å². The third-order valence-electron chi connectivity index (χ3n) is 1.98. The minimum Gasteiger partial charge on any atom is -0.476 e. The summed E-state index contributed by atoms with van der Waals surface area (Å²) in [7, 11) is 0. The molecular weight excluding hydrogens is 346 g/mol. The third-order valence-corrected chi connectivity index (χ3v) is 3.15. The number of carbonyl (C=O) groups is 2. The molecule has 0 aliphatic heterocycles. The Balaban J connectivity index is 2.98. The second-order valence-corrected chi connectivity index (χ2v) is 7.27. The Morgan fingerprint density at radius 3 is 2.48 bits per heavy atom. The number of nitrogens with zero attached hydrogens (tertiary/aromatic N) is 2. The number of ether oxygens (including phenoxy) is 1. The second-order valence-electron chi connectivity index (χ2n) is 5.67. The van der Waals surface area contributed by atoms with Gasteiger partial charge in [0.25, 0.3) is 0 Å². The first-order valence-corrected chi connectivity index (χ1v) is 7.83. The lowest BCUT2D eigenvalue weighted by molar-refractivity contribution is -0.129. The lowest BCUT2D eigenvalue weighted by atomic mass is 10.2. The topological polar surface area (TPSA) is 110 Å². The van der Waals surface area contributed by atoms with Gasteiger partial charge in [-0.1, -0.05) is 28.1 Å². The fourth-order valence-electron chi connectivity index (χ4n) is 1.23. The zero-order valence-corrected chi connectivity index (χ0v) is 14.9. The Kier molecular flexibility index (Phi) is 6.34. The van der Waals surface area contributed by atoms with E-state index in [2.05, 4.69) is 15.5 Å². The zero-order valence-electron chi connectivity index (χ0n) is 13.3. The van der Waals surface area contributed by atoms with Gasteiger partial charge in [-0.15, -0.1) is 0 Å². The van der Waals surface area contributed by atoms with Crippen molar-refractivity contribution in [1.82, 2.24) is 4.98 Å². The summed E-state index contributed by atoms with van der Waals surface area (Å²) in [6.45, 7) is 8.53. The van der Waals surface area contributed by atoms with Crippen LogP contribution in [0.15, 0.2) is 5.16 Å². The van der Waals surface area contributed by atoms with Gasteiger partial charge in [0.1, 0.15) is 21.7 Å². The highest BCUT2D eigenvalue weighted by molar-refractivity contribution is 7.20. The van der Waals surface area contributed by atoms with E-state index in [1.807, 2.05) is 0 Å². The summed E-state index contributed by atoms with van der Waals surface area (Å²) >= 11 is 6.87. The van der Waals surface area contributed by atoms with Crippen molar-refractivity contribution in [3.05, 3.63) is 10.0 Å². The molecule has 0 spiro atoms. The van der Waals surface area contributed by atoms with Crippen LogP contribution in [0, 0.1) is 0 Å². The predicted molar refractivity (Wildman–Crippen MR) is 87.4 cm³/mol. The number of aromatic nitrogens is 1. The average Bonchev–Trinajstić information content (AvgIpc) is 2.66. The van der Waals surface area contributed by atoms with E-state index in [1.54, 1.807) is 34.6 Å². The van der Waals surface area contributed by atoms with E-state index in [9.17, 15) is 14.7 Å². The summed E-state index contributed by atoms with van der Waals surface area (Å²) in [5.74, 6) is -1.35. The van der Waals surface area contributed by atoms with E-state index < -0.39 is 23.4 Å². The number of amides is 1. The number of thiazole rings is 1. The van der Waals surface area contributed by atoms with Crippen LogP contribution in [0.5, 0.6) is 0 Å². The number of hydrogen-bond donors (Lipinski definition) is 2. The van der Waals surface area contributed by atoms with E-state index in [0.717, 1.165) is 11.3 Å². The number of hydrogen-bond acceptors (Lipinski definition) is 7. The van der Waals surface area contributed by atoms with E-state index in [0.29, 0.717) is 0 Å². The quantitative estimate of drug-likeness (QED) is 0.613. The van der Waals surface area contributed by atoms with Gasteiger partial charge in [-0.3, -0.25) is 5.32 Å². The Morgan fingerprint density at radius 2 is 2.00 bits per heavy atom. The second kappa shape index (κ2) is 7.60. The number of nitrogens with one attached hydrogen (secondary N) is 1. The van der Waals surface area contributed by atoms with Gasteiger partial charge < -0.3 is 14.7 Å². The van der Waals surface area contributed by atoms with Gasteiger partial charge in [0.05, 0.1) is 0 Å². The van der Waals surface area contributed by atoms with Crippen molar-refractivity contribution in [2.45, 2.75) is 46.3 Å². The molecule has 0 unspecified atom stereocenters. The van der Waals surface area contributed by atoms with Crippen LogP contribution in [0.4, 0.5) is 9.93 Å². The minimum atomic E-state index is -1.35. The molecule has 10 heteroatoms. The fraction of sp³-hybridized carbons (Fsp3) is 0.538. The molecule has 1 aromatic heterocycles. The molecule has 1 amide bonds. The van der Waals surface area contributed by atoms with Gasteiger partial charge >= 0.3 is 12.1 Å². The zero-order chi connectivity index (χ0) is 17.8. The molecule has 23 heavy (non-hydrogen) atoms. The standard InChI is InChI=1S/C13H18ClN3O5S/c1-6(2)22-17-8(10(18)19)7-9(14)23-11(15-7)16-12(20)21-13(3,4)5/h6H,1-5H3,(H,18,19)(H,15,16,20)/b17-8+. The summed E-state index contributed by atoms with van der Waals surface area (Å²) in [4.78, 5) is 31.8. The van der Waals surface area contributed by atoms with Crippen LogP contribution >= 0.6 is 22.9 Å². The molecule has 0 atom stereocenters. The maximum Gasteiger partial charge on any atom is 0.413 e. The number of rotatable bonds is 5. The SMILES string of the molecule is CC(C)O/N=C(/C(=O)O)c1nc(NC(=O)OC(C)(C)C)sc1Cl. The maximum absolute atomic E-state index is 11.7. The van der Waals surface area contributed by atoms with Crippen molar-refractivity contribution >= 4 is 45.8 Å². The molecule has 0 aromatic carbocycles. The monoisotopic (exact) mass is 363 g/mol. The number of halogens is 1. The number of aliphatic carboxylic acids is 1. The number of oxime groups is 1. The normalized spacial score (nSPS) is 12.2. The molecule has 0 saturated heterocycles. The highest BCUT2D eigenvalue weighted by Gasteiger charge is 2.24. The first-order chi connectivity index (χ1) is 10.5. The van der Waals surface area contributed by atoms with Crippen molar-refractivity contribution in [2.24, 2.45) is 5.16 Å². The molecule has 128 valence electrons. The Morgan fingerprint density at radius 1 is 1.39 bits per heavy atom. The van der Waals surface area contributed by atoms with Crippen LogP contribution in [0.2, 0.25) is 4.34 Å². The predicted octanol–water partition coefficient (Wildman–Crippen LogP) is 3.36. The first kappa shape index (κ1) is 19.2. The highest BCUT2D eigenvalue weighted by Crippen LogP contribution is 2.29. The molecular formula is C13H18ClN3O5S. The van der Waals surface area contributed by atoms with E-state index >= 15 is 0 Å². The van der Waals surface area contributed by atoms with Crippen LogP contribution < -0.4 is 5.32 Å². The van der Waals surface area contributed by atoms with Gasteiger partial charge in [-0.25, -0.2) is 14.6 Å². The molecule has 1 rings (SSSR count). The van der Waals surface area contributed by atoms with Crippen LogP contribution in [0.3, 0.4) is 0 Å². The van der Waals surface area contributed by atoms with Crippen molar-refractivity contribution in [2.75, 3.05) is 5.32 Å². The highest BCUT2D eigenvalue weighted by atomic mass is 35.5. The Labute approximate surface area is 142 Å². The Bertz CT molecular complexity index is 622. The van der Waals surface area contributed by atoms with Gasteiger partial charge in [-0.05, 0) is 34.6 Å². The number of carboxylic acid groups (broad SMARTS) is 1. The number of carboxylic acids is 1. The van der Waals surface area contributed by atoms with E-state index in [-0.39, 0.29) is 21.3 Å². The Hall–Kier alpha value is -1.87. The lowest BCUT2D eigenvalue weighted by Gasteiger charge is -2.18. The molecule has 1 heterocycles. The van der Waals surface area contributed by atoms with Gasteiger partial charge in [0.2, 0.25) is 5.71 Å². The first-order valence-electron chi connectivity index (χ1n) is 6.63. The molecule has 8 nitrogen and oxygen atoms in total. The van der Waals surface area contributed by atoms with Crippen molar-refractivity contribution in [3.63, 3.8) is 0 Å². The summed E-state index contributed by atoms with van der Waals surface area (Å²) in [6.07, 6.45) is -1.03.